The Labute approximate surface area is 109 Å². The number of likely N-dealkylation sites (N-methyl/N-ethyl adjacent to an activating group) is 1. The molecule has 0 radical (unpaired) electrons. The minimum atomic E-state index is -0.906. The van der Waals surface area contributed by atoms with Crippen LogP contribution in [0, 0.1) is 10.1 Å². The highest BCUT2D eigenvalue weighted by Gasteiger charge is 2.19. The van der Waals surface area contributed by atoms with Gasteiger partial charge in [0, 0.05) is 13.1 Å². The Hall–Kier alpha value is -2.22. The Balaban J connectivity index is 3.40. The van der Waals surface area contributed by atoms with Gasteiger partial charge in [-0.05, 0) is 19.5 Å². The van der Waals surface area contributed by atoms with Crippen LogP contribution in [-0.2, 0) is 13.1 Å². The van der Waals surface area contributed by atoms with Crippen LogP contribution in [-0.4, -0.2) is 27.6 Å². The molecule has 0 aliphatic rings. The van der Waals surface area contributed by atoms with Crippen LogP contribution in [0.3, 0.4) is 0 Å². The maximum absolute atomic E-state index is 12.0. The zero-order valence-corrected chi connectivity index (χ0v) is 10.9. The molecule has 0 amide bonds. The van der Waals surface area contributed by atoms with E-state index < -0.39 is 21.9 Å². The van der Waals surface area contributed by atoms with Crippen molar-refractivity contribution >= 4 is 5.69 Å². The number of nitrogens with one attached hydrogen (secondary N) is 1. The van der Waals surface area contributed by atoms with Gasteiger partial charge in [0.1, 0.15) is 0 Å². The molecule has 0 saturated carbocycles. The fraction of sp³-hybridized carbons (Fsp3) is 0.455. The van der Waals surface area contributed by atoms with E-state index in [9.17, 15) is 19.7 Å². The average molecular weight is 268 g/mol. The molecule has 0 bridgehead atoms. The standard InChI is InChI=1S/C11H16N4O4/c1-4-13-7-9(15(18)19)10(16)14(11(13)17)6-8(2)5-12-3/h7,12H,2,4-6H2,1,3H3. The van der Waals surface area contributed by atoms with Crippen molar-refractivity contribution in [2.24, 2.45) is 0 Å². The van der Waals surface area contributed by atoms with Gasteiger partial charge >= 0.3 is 16.9 Å². The highest BCUT2D eigenvalue weighted by Crippen LogP contribution is 2.01. The van der Waals surface area contributed by atoms with Crippen LogP contribution in [0.25, 0.3) is 0 Å². The Morgan fingerprint density at radius 3 is 2.63 bits per heavy atom. The summed E-state index contributed by atoms with van der Waals surface area (Å²) >= 11 is 0. The van der Waals surface area contributed by atoms with E-state index in [1.807, 2.05) is 0 Å². The number of nitrogens with zero attached hydrogens (tertiary/aromatic N) is 3. The number of nitro groups is 1. The Morgan fingerprint density at radius 2 is 2.16 bits per heavy atom. The molecule has 1 rings (SSSR count). The molecule has 0 aliphatic carbocycles. The van der Waals surface area contributed by atoms with Crippen LogP contribution in [0.4, 0.5) is 5.69 Å². The normalized spacial score (nSPS) is 10.4. The highest BCUT2D eigenvalue weighted by atomic mass is 16.6. The number of aromatic nitrogens is 2. The fourth-order valence-electron chi connectivity index (χ4n) is 1.66. The molecule has 1 aromatic heterocycles. The molecule has 0 atom stereocenters. The molecule has 0 unspecified atom stereocenters. The first-order valence-corrected chi connectivity index (χ1v) is 5.72. The SMILES string of the molecule is C=C(CNC)Cn1c(=O)c([N+](=O)[O-])cn(CC)c1=O. The number of hydrogen-bond donors (Lipinski definition) is 1. The molecule has 8 nitrogen and oxygen atoms in total. The summed E-state index contributed by atoms with van der Waals surface area (Å²) in [6.07, 6.45) is 0.974. The molecule has 104 valence electrons. The summed E-state index contributed by atoms with van der Waals surface area (Å²) in [6.45, 7) is 6.01. The van der Waals surface area contributed by atoms with Crippen molar-refractivity contribution in [3.05, 3.63) is 49.3 Å². The number of aryl methyl sites for hydroxylation is 1. The number of rotatable bonds is 6. The molecule has 8 heteroatoms. The summed E-state index contributed by atoms with van der Waals surface area (Å²) < 4.78 is 1.97. The van der Waals surface area contributed by atoms with Gasteiger partial charge in [-0.1, -0.05) is 6.58 Å². The van der Waals surface area contributed by atoms with Gasteiger partial charge in [0.2, 0.25) is 0 Å². The van der Waals surface area contributed by atoms with Crippen molar-refractivity contribution < 1.29 is 4.92 Å². The van der Waals surface area contributed by atoms with Gasteiger partial charge in [-0.25, -0.2) is 4.79 Å². The quantitative estimate of drug-likeness (QED) is 0.434. The second-order valence-electron chi connectivity index (χ2n) is 4.01. The smallest absolute Gasteiger partial charge is 0.316 e. The van der Waals surface area contributed by atoms with Gasteiger partial charge in [-0.15, -0.1) is 0 Å². The molecule has 0 fully saturated rings. The summed E-state index contributed by atoms with van der Waals surface area (Å²) in [5, 5.41) is 13.6. The van der Waals surface area contributed by atoms with Crippen LogP contribution < -0.4 is 16.6 Å². The van der Waals surface area contributed by atoms with Crippen LogP contribution in [0.15, 0.2) is 27.9 Å². The summed E-state index contributed by atoms with van der Waals surface area (Å²) in [5.41, 5.74) is -1.50. The van der Waals surface area contributed by atoms with Gasteiger partial charge in [-0.3, -0.25) is 24.0 Å². The molecule has 0 saturated heterocycles. The largest absolute Gasteiger partial charge is 0.350 e. The summed E-state index contributed by atoms with van der Waals surface area (Å²) in [5.74, 6) is 0. The van der Waals surface area contributed by atoms with Crippen LogP contribution >= 0.6 is 0 Å². The maximum atomic E-state index is 12.0. The van der Waals surface area contributed by atoms with Gasteiger partial charge in [0.25, 0.3) is 0 Å². The predicted molar refractivity (Wildman–Crippen MR) is 70.4 cm³/mol. The molecular formula is C11H16N4O4. The first-order chi connectivity index (χ1) is 8.92. The Morgan fingerprint density at radius 1 is 1.53 bits per heavy atom. The van der Waals surface area contributed by atoms with Crippen LogP contribution in [0.5, 0.6) is 0 Å². The first kappa shape index (κ1) is 14.8. The predicted octanol–water partition coefficient (Wildman–Crippen LogP) is -0.286. The zero-order chi connectivity index (χ0) is 14.6. The summed E-state index contributed by atoms with van der Waals surface area (Å²) in [7, 11) is 1.70. The number of hydrogen-bond acceptors (Lipinski definition) is 5. The van der Waals surface area contributed by atoms with E-state index in [4.69, 9.17) is 0 Å². The van der Waals surface area contributed by atoms with Gasteiger partial charge in [0.15, 0.2) is 0 Å². The van der Waals surface area contributed by atoms with E-state index in [-0.39, 0.29) is 13.1 Å². The second kappa shape index (κ2) is 6.10. The van der Waals surface area contributed by atoms with E-state index in [0.29, 0.717) is 12.1 Å². The van der Waals surface area contributed by atoms with E-state index in [0.717, 1.165) is 15.3 Å². The summed E-state index contributed by atoms with van der Waals surface area (Å²) in [4.78, 5) is 33.9. The highest BCUT2D eigenvalue weighted by molar-refractivity contribution is 5.22. The lowest BCUT2D eigenvalue weighted by atomic mass is 10.3. The Kier molecular flexibility index (Phi) is 4.76. The monoisotopic (exact) mass is 268 g/mol. The third-order valence-corrected chi connectivity index (χ3v) is 2.56. The van der Waals surface area contributed by atoms with Crippen molar-refractivity contribution in [2.75, 3.05) is 13.6 Å². The Bertz CT molecular complexity index is 614. The molecule has 0 spiro atoms. The molecule has 0 aliphatic heterocycles. The van der Waals surface area contributed by atoms with Crippen LogP contribution in [0.2, 0.25) is 0 Å². The van der Waals surface area contributed by atoms with Crippen molar-refractivity contribution in [1.29, 1.82) is 0 Å². The minimum Gasteiger partial charge on any atom is -0.316 e. The third kappa shape index (κ3) is 3.16. The lowest BCUT2D eigenvalue weighted by Gasteiger charge is -2.10. The van der Waals surface area contributed by atoms with E-state index in [2.05, 4.69) is 11.9 Å². The average Bonchev–Trinajstić information content (AvgIpc) is 2.34. The summed E-state index contributed by atoms with van der Waals surface area (Å²) in [6, 6.07) is 0. The first-order valence-electron chi connectivity index (χ1n) is 5.72. The molecular weight excluding hydrogens is 252 g/mol. The lowest BCUT2D eigenvalue weighted by Crippen LogP contribution is -2.41. The van der Waals surface area contributed by atoms with E-state index in [1.165, 1.54) is 0 Å². The van der Waals surface area contributed by atoms with E-state index >= 15 is 0 Å². The molecule has 1 N–H and O–H groups in total. The van der Waals surface area contributed by atoms with Crippen molar-refractivity contribution in [2.45, 2.75) is 20.0 Å². The van der Waals surface area contributed by atoms with Crippen molar-refractivity contribution in [3.63, 3.8) is 0 Å². The molecule has 1 aromatic rings. The molecule has 1 heterocycles. The fourth-order valence-corrected chi connectivity index (χ4v) is 1.66. The zero-order valence-electron chi connectivity index (χ0n) is 10.9. The topological polar surface area (TPSA) is 99.2 Å². The van der Waals surface area contributed by atoms with Gasteiger partial charge in [-0.2, -0.15) is 0 Å². The molecule has 19 heavy (non-hydrogen) atoms. The van der Waals surface area contributed by atoms with Gasteiger partial charge in [0.05, 0.1) is 17.7 Å². The maximum Gasteiger partial charge on any atom is 0.350 e. The van der Waals surface area contributed by atoms with Crippen molar-refractivity contribution in [3.8, 4) is 0 Å². The molecule has 0 aromatic carbocycles. The van der Waals surface area contributed by atoms with Crippen molar-refractivity contribution in [1.82, 2.24) is 14.5 Å². The lowest BCUT2D eigenvalue weighted by molar-refractivity contribution is -0.387. The van der Waals surface area contributed by atoms with Crippen LogP contribution in [0.1, 0.15) is 6.92 Å². The minimum absolute atomic E-state index is 0.0415. The third-order valence-electron chi connectivity index (χ3n) is 2.56. The van der Waals surface area contributed by atoms with E-state index in [1.54, 1.807) is 14.0 Å². The second-order valence-corrected chi connectivity index (χ2v) is 4.01. The van der Waals surface area contributed by atoms with Gasteiger partial charge < -0.3 is 5.32 Å².